The normalized spacial score (nSPS) is 13.7. The molecule has 3 aromatic carbocycles. The van der Waals surface area contributed by atoms with Crippen molar-refractivity contribution in [3.05, 3.63) is 88.7 Å². The van der Waals surface area contributed by atoms with Crippen molar-refractivity contribution in [2.45, 2.75) is 18.9 Å². The highest BCUT2D eigenvalue weighted by molar-refractivity contribution is 7.91. The Kier molecular flexibility index (Phi) is 7.38. The van der Waals surface area contributed by atoms with Crippen LogP contribution in [0.3, 0.4) is 0 Å². The van der Waals surface area contributed by atoms with Gasteiger partial charge in [-0.3, -0.25) is 9.10 Å². The van der Waals surface area contributed by atoms with Crippen molar-refractivity contribution in [2.75, 3.05) is 22.8 Å². The molecule has 4 aromatic rings. The number of urea groups is 1. The summed E-state index contributed by atoms with van der Waals surface area (Å²) in [6, 6.07) is 8.81. The quantitative estimate of drug-likeness (QED) is 0.340. The Bertz CT molecular complexity index is 1710. The molecule has 208 valence electrons. The lowest BCUT2D eigenvalue weighted by molar-refractivity contribution is -0.120. The SMILES string of the molecule is CN(C(=O)C(Cc1cc(F)cc(F)c1)NC(=O)NS(=O)(=O)N1CCc2cc(F)ccc21)c1ccc2scnc2c1. The molecule has 1 aliphatic rings. The lowest BCUT2D eigenvalue weighted by atomic mass is 10.0. The molecule has 0 radical (unpaired) electrons. The van der Waals surface area contributed by atoms with Gasteiger partial charge in [0.05, 0.1) is 21.4 Å². The summed E-state index contributed by atoms with van der Waals surface area (Å²) in [7, 11) is -2.99. The predicted octanol–water partition coefficient (Wildman–Crippen LogP) is 3.89. The van der Waals surface area contributed by atoms with E-state index < -0.39 is 45.6 Å². The van der Waals surface area contributed by atoms with E-state index in [2.05, 4.69) is 10.3 Å². The van der Waals surface area contributed by atoms with Gasteiger partial charge in [0, 0.05) is 31.8 Å². The highest BCUT2D eigenvalue weighted by atomic mass is 32.2. The van der Waals surface area contributed by atoms with Crippen molar-refractivity contribution in [2.24, 2.45) is 0 Å². The van der Waals surface area contributed by atoms with E-state index >= 15 is 0 Å². The van der Waals surface area contributed by atoms with Crippen LogP contribution in [0.4, 0.5) is 29.3 Å². The van der Waals surface area contributed by atoms with Crippen LogP contribution in [0.15, 0.2) is 60.1 Å². The molecule has 9 nitrogen and oxygen atoms in total. The molecule has 0 bridgehead atoms. The number of aromatic nitrogens is 1. The van der Waals surface area contributed by atoms with E-state index in [-0.39, 0.29) is 30.6 Å². The van der Waals surface area contributed by atoms with E-state index in [4.69, 9.17) is 0 Å². The van der Waals surface area contributed by atoms with Gasteiger partial charge in [-0.1, -0.05) is 0 Å². The molecule has 0 saturated heterocycles. The monoisotopic (exact) mass is 589 g/mol. The first-order valence-electron chi connectivity index (χ1n) is 12.0. The summed E-state index contributed by atoms with van der Waals surface area (Å²) in [5, 5.41) is 2.33. The number of halogens is 3. The van der Waals surface area contributed by atoms with Gasteiger partial charge in [-0.2, -0.15) is 8.42 Å². The lowest BCUT2D eigenvalue weighted by Crippen LogP contribution is -2.54. The topological polar surface area (TPSA) is 112 Å². The maximum atomic E-state index is 13.9. The van der Waals surface area contributed by atoms with E-state index in [1.165, 1.54) is 35.4 Å². The van der Waals surface area contributed by atoms with Gasteiger partial charge >= 0.3 is 16.2 Å². The molecule has 0 fully saturated rings. The second kappa shape index (κ2) is 10.8. The van der Waals surface area contributed by atoms with Gasteiger partial charge in [0.2, 0.25) is 5.91 Å². The highest BCUT2D eigenvalue weighted by Crippen LogP contribution is 2.30. The van der Waals surface area contributed by atoms with Crippen molar-refractivity contribution < 1.29 is 31.2 Å². The Hall–Kier alpha value is -4.17. The summed E-state index contributed by atoms with van der Waals surface area (Å²) < 4.78 is 71.0. The third-order valence-electron chi connectivity index (χ3n) is 6.40. The minimum Gasteiger partial charge on any atom is -0.325 e. The average molecular weight is 590 g/mol. The van der Waals surface area contributed by atoms with Crippen LogP contribution in [0.2, 0.25) is 0 Å². The molecule has 1 aliphatic heterocycles. The minimum atomic E-state index is -4.44. The molecule has 5 rings (SSSR count). The zero-order valence-electron chi connectivity index (χ0n) is 20.9. The summed E-state index contributed by atoms with van der Waals surface area (Å²) in [5.74, 6) is -2.94. The maximum absolute atomic E-state index is 13.9. The second-order valence-electron chi connectivity index (χ2n) is 9.11. The maximum Gasteiger partial charge on any atom is 0.330 e. The number of rotatable bonds is 7. The Labute approximate surface area is 231 Å². The molecule has 0 aliphatic carbocycles. The molecule has 2 N–H and O–H groups in total. The van der Waals surface area contributed by atoms with Crippen molar-refractivity contribution in [3.8, 4) is 0 Å². The smallest absolute Gasteiger partial charge is 0.325 e. The standard InChI is InChI=1S/C26H22F3N5O4S2/c1-33(20-3-5-24-21(13-20)30-14-39-24)25(35)22(10-15-8-18(28)12-19(29)9-15)31-26(36)32-40(37,38)34-7-6-16-11-17(27)2-4-23(16)34/h2-5,8-9,11-14,22H,6-7,10H2,1H3,(H2,31,32,36). The minimum absolute atomic E-state index is 0.0197. The fourth-order valence-electron chi connectivity index (χ4n) is 4.53. The van der Waals surface area contributed by atoms with Gasteiger partial charge in [-0.25, -0.2) is 27.7 Å². The van der Waals surface area contributed by atoms with Gasteiger partial charge < -0.3 is 10.2 Å². The first-order chi connectivity index (χ1) is 19.0. The van der Waals surface area contributed by atoms with E-state index in [9.17, 15) is 31.2 Å². The van der Waals surface area contributed by atoms with Gasteiger partial charge in [-0.15, -0.1) is 11.3 Å². The molecule has 0 saturated carbocycles. The van der Waals surface area contributed by atoms with Gasteiger partial charge in [0.15, 0.2) is 0 Å². The van der Waals surface area contributed by atoms with E-state index in [0.717, 1.165) is 27.2 Å². The molecule has 1 unspecified atom stereocenters. The third kappa shape index (κ3) is 5.72. The number of anilines is 2. The van der Waals surface area contributed by atoms with Gasteiger partial charge in [0.25, 0.3) is 0 Å². The van der Waals surface area contributed by atoms with Crippen LogP contribution in [0.25, 0.3) is 10.2 Å². The second-order valence-corrected chi connectivity index (χ2v) is 11.6. The van der Waals surface area contributed by atoms with E-state index in [1.807, 2.05) is 4.72 Å². The number of hydrogen-bond acceptors (Lipinski definition) is 6. The van der Waals surface area contributed by atoms with Crippen molar-refractivity contribution >= 4 is 55.1 Å². The Morgan fingerprint density at radius 3 is 2.55 bits per heavy atom. The van der Waals surface area contributed by atoms with Gasteiger partial charge in [0.1, 0.15) is 23.5 Å². The van der Waals surface area contributed by atoms with Crippen LogP contribution < -0.4 is 19.2 Å². The van der Waals surface area contributed by atoms with Crippen LogP contribution in [-0.2, 0) is 27.8 Å². The van der Waals surface area contributed by atoms with Crippen LogP contribution >= 0.6 is 11.3 Å². The molecule has 1 aromatic heterocycles. The number of fused-ring (bicyclic) bond motifs is 2. The third-order valence-corrected chi connectivity index (χ3v) is 8.62. The summed E-state index contributed by atoms with van der Waals surface area (Å²) >= 11 is 1.42. The van der Waals surface area contributed by atoms with E-state index in [1.54, 1.807) is 23.7 Å². The number of thiazole rings is 1. The summed E-state index contributed by atoms with van der Waals surface area (Å²) in [6.07, 6.45) is -0.0912. The van der Waals surface area contributed by atoms with E-state index in [0.29, 0.717) is 22.8 Å². The first kappa shape index (κ1) is 27.4. The lowest BCUT2D eigenvalue weighted by Gasteiger charge is -2.26. The number of likely N-dealkylation sites (N-methyl/N-ethyl adjacent to an activating group) is 1. The molecule has 40 heavy (non-hydrogen) atoms. The van der Waals surface area contributed by atoms with Crippen molar-refractivity contribution in [1.82, 2.24) is 15.0 Å². The van der Waals surface area contributed by atoms with Crippen molar-refractivity contribution in [3.63, 3.8) is 0 Å². The highest BCUT2D eigenvalue weighted by Gasteiger charge is 2.33. The van der Waals surface area contributed by atoms with Crippen molar-refractivity contribution in [1.29, 1.82) is 0 Å². The number of nitrogens with one attached hydrogen (secondary N) is 2. The van der Waals surface area contributed by atoms with Crippen LogP contribution in [0, 0.1) is 17.5 Å². The Balaban J connectivity index is 1.38. The zero-order valence-corrected chi connectivity index (χ0v) is 22.5. The number of carbonyl (C=O) groups excluding carboxylic acids is 2. The molecule has 3 amide bonds. The summed E-state index contributed by atoms with van der Waals surface area (Å²) in [5.41, 5.74) is 3.49. The zero-order chi connectivity index (χ0) is 28.6. The molecular formula is C26H22F3N5O4S2. The Morgan fingerprint density at radius 1 is 1.05 bits per heavy atom. The fourth-order valence-corrected chi connectivity index (χ4v) is 6.36. The molecular weight excluding hydrogens is 567 g/mol. The first-order valence-corrected chi connectivity index (χ1v) is 14.3. The molecule has 0 spiro atoms. The fraction of sp³-hybridized carbons (Fsp3) is 0.192. The predicted molar refractivity (Wildman–Crippen MR) is 145 cm³/mol. The number of benzene rings is 3. The van der Waals surface area contributed by atoms with Crippen LogP contribution in [-0.4, -0.2) is 45.0 Å². The number of carbonyl (C=O) groups is 2. The van der Waals surface area contributed by atoms with Gasteiger partial charge in [-0.05, 0) is 66.1 Å². The summed E-state index contributed by atoms with van der Waals surface area (Å²) in [4.78, 5) is 31.9. The van der Waals surface area contributed by atoms with Crippen LogP contribution in [0.1, 0.15) is 11.1 Å². The number of amides is 3. The molecule has 14 heteroatoms. The Morgan fingerprint density at radius 2 is 1.80 bits per heavy atom. The van der Waals surface area contributed by atoms with Crippen LogP contribution in [0.5, 0.6) is 0 Å². The summed E-state index contributed by atoms with van der Waals surface area (Å²) in [6.45, 7) is -0.0197. The number of nitrogens with zero attached hydrogens (tertiary/aromatic N) is 3. The average Bonchev–Trinajstić information content (AvgIpc) is 3.53. The molecule has 2 heterocycles. The number of hydrogen-bond donors (Lipinski definition) is 2. The molecule has 1 atom stereocenters. The largest absolute Gasteiger partial charge is 0.330 e.